The number of nitrogens with zero attached hydrogens (tertiary/aromatic N) is 2. The standard InChI is InChI=1S/C20H25N3O6/c1-15(2)21-12-18(29-20(26)9-8-19(24)25)13-27-16-4-6-17(7-5-16)28-14-23-11-3-10-22-23/h3-11,15,18,21H,12-14H2,1-2H3,(H,24,25)/b9-8-. The van der Waals surface area contributed by atoms with Gasteiger partial charge < -0.3 is 24.6 Å². The van der Waals surface area contributed by atoms with Gasteiger partial charge in [0, 0.05) is 37.1 Å². The largest absolute Gasteiger partial charge is 0.490 e. The van der Waals surface area contributed by atoms with Crippen molar-refractivity contribution >= 4 is 11.9 Å². The van der Waals surface area contributed by atoms with Crippen LogP contribution in [0.25, 0.3) is 0 Å². The van der Waals surface area contributed by atoms with Crippen molar-refractivity contribution in [2.45, 2.75) is 32.7 Å². The van der Waals surface area contributed by atoms with E-state index in [2.05, 4.69) is 10.4 Å². The third-order valence-electron chi connectivity index (χ3n) is 3.58. The minimum atomic E-state index is -1.22. The van der Waals surface area contributed by atoms with Crippen LogP contribution in [0.2, 0.25) is 0 Å². The van der Waals surface area contributed by atoms with Gasteiger partial charge in [0.2, 0.25) is 0 Å². The van der Waals surface area contributed by atoms with Crippen LogP contribution in [0.3, 0.4) is 0 Å². The molecule has 0 fully saturated rings. The molecule has 0 saturated heterocycles. The van der Waals surface area contributed by atoms with Gasteiger partial charge in [-0.15, -0.1) is 0 Å². The molecule has 0 aliphatic carbocycles. The Kier molecular flexibility index (Phi) is 8.71. The van der Waals surface area contributed by atoms with Gasteiger partial charge in [-0.2, -0.15) is 5.10 Å². The van der Waals surface area contributed by atoms with Crippen LogP contribution in [0, 0.1) is 0 Å². The number of aliphatic carboxylic acids is 1. The average Bonchev–Trinajstić information content (AvgIpc) is 3.21. The van der Waals surface area contributed by atoms with Crippen molar-refractivity contribution in [3.63, 3.8) is 0 Å². The van der Waals surface area contributed by atoms with Crippen molar-refractivity contribution in [2.24, 2.45) is 0 Å². The summed E-state index contributed by atoms with van der Waals surface area (Å²) >= 11 is 0. The molecule has 0 radical (unpaired) electrons. The Hall–Kier alpha value is -3.33. The average molecular weight is 403 g/mol. The van der Waals surface area contributed by atoms with E-state index < -0.39 is 18.0 Å². The van der Waals surface area contributed by atoms with Crippen molar-refractivity contribution < 1.29 is 28.9 Å². The first-order valence-electron chi connectivity index (χ1n) is 9.10. The molecule has 1 aromatic heterocycles. The van der Waals surface area contributed by atoms with Crippen LogP contribution in [-0.4, -0.2) is 52.1 Å². The van der Waals surface area contributed by atoms with Gasteiger partial charge in [-0.3, -0.25) is 0 Å². The lowest BCUT2D eigenvalue weighted by Gasteiger charge is -2.20. The molecule has 29 heavy (non-hydrogen) atoms. The normalized spacial score (nSPS) is 12.1. The van der Waals surface area contributed by atoms with E-state index >= 15 is 0 Å². The lowest BCUT2D eigenvalue weighted by Crippen LogP contribution is -2.38. The number of carbonyl (C=O) groups excluding carboxylic acids is 1. The molecule has 2 rings (SSSR count). The summed E-state index contributed by atoms with van der Waals surface area (Å²) in [5.74, 6) is -0.710. The Morgan fingerprint density at radius 3 is 2.45 bits per heavy atom. The highest BCUT2D eigenvalue weighted by Crippen LogP contribution is 2.18. The molecule has 0 bridgehead atoms. The molecule has 156 valence electrons. The molecular formula is C20H25N3O6. The molecule has 1 unspecified atom stereocenters. The van der Waals surface area contributed by atoms with Gasteiger partial charge in [-0.05, 0) is 30.3 Å². The Labute approximate surface area is 168 Å². The Balaban J connectivity index is 1.85. The molecule has 1 heterocycles. The summed E-state index contributed by atoms with van der Waals surface area (Å²) in [5, 5.41) is 15.8. The highest BCUT2D eigenvalue weighted by Gasteiger charge is 2.15. The van der Waals surface area contributed by atoms with Crippen molar-refractivity contribution in [2.75, 3.05) is 13.2 Å². The molecule has 2 N–H and O–H groups in total. The van der Waals surface area contributed by atoms with E-state index in [0.29, 0.717) is 24.8 Å². The zero-order valence-electron chi connectivity index (χ0n) is 16.4. The lowest BCUT2D eigenvalue weighted by molar-refractivity contribution is -0.144. The quantitative estimate of drug-likeness (QED) is 0.408. The van der Waals surface area contributed by atoms with E-state index in [1.54, 1.807) is 41.3 Å². The first-order valence-corrected chi connectivity index (χ1v) is 9.10. The number of ether oxygens (including phenoxy) is 3. The van der Waals surface area contributed by atoms with Crippen molar-refractivity contribution in [1.29, 1.82) is 0 Å². The van der Waals surface area contributed by atoms with Gasteiger partial charge >= 0.3 is 11.9 Å². The van der Waals surface area contributed by atoms with Crippen LogP contribution >= 0.6 is 0 Å². The van der Waals surface area contributed by atoms with Crippen LogP contribution in [0.5, 0.6) is 11.5 Å². The molecule has 1 atom stereocenters. The van der Waals surface area contributed by atoms with E-state index in [4.69, 9.17) is 19.3 Å². The molecule has 9 heteroatoms. The zero-order valence-corrected chi connectivity index (χ0v) is 16.4. The maximum absolute atomic E-state index is 11.7. The summed E-state index contributed by atoms with van der Waals surface area (Å²) < 4.78 is 18.2. The number of nitrogens with one attached hydrogen (secondary N) is 1. The van der Waals surface area contributed by atoms with Crippen LogP contribution in [0.15, 0.2) is 54.9 Å². The molecule has 0 spiro atoms. The second-order valence-electron chi connectivity index (χ2n) is 6.39. The molecular weight excluding hydrogens is 378 g/mol. The molecule has 0 aliphatic rings. The Morgan fingerprint density at radius 1 is 1.17 bits per heavy atom. The molecule has 2 aromatic rings. The topological polar surface area (TPSA) is 112 Å². The summed E-state index contributed by atoms with van der Waals surface area (Å²) in [6.45, 7) is 4.71. The number of rotatable bonds is 12. The lowest BCUT2D eigenvalue weighted by atomic mass is 10.3. The number of carbonyl (C=O) groups is 2. The highest BCUT2D eigenvalue weighted by atomic mass is 16.6. The van der Waals surface area contributed by atoms with E-state index in [0.717, 1.165) is 12.2 Å². The van der Waals surface area contributed by atoms with Crippen molar-refractivity contribution in [1.82, 2.24) is 15.1 Å². The van der Waals surface area contributed by atoms with Crippen LogP contribution in [0.4, 0.5) is 0 Å². The van der Waals surface area contributed by atoms with Gasteiger partial charge in [0.1, 0.15) is 24.2 Å². The molecule has 0 amide bonds. The predicted molar refractivity (Wildman–Crippen MR) is 105 cm³/mol. The van der Waals surface area contributed by atoms with Crippen LogP contribution in [-0.2, 0) is 21.1 Å². The summed E-state index contributed by atoms with van der Waals surface area (Å²) in [6.07, 6.45) is 4.50. The fourth-order valence-electron chi connectivity index (χ4n) is 2.18. The number of carboxylic acid groups (broad SMARTS) is 1. The highest BCUT2D eigenvalue weighted by molar-refractivity contribution is 5.90. The van der Waals surface area contributed by atoms with Gasteiger partial charge in [0.15, 0.2) is 6.73 Å². The second-order valence-corrected chi connectivity index (χ2v) is 6.39. The van der Waals surface area contributed by atoms with Gasteiger partial charge in [-0.1, -0.05) is 13.8 Å². The number of benzene rings is 1. The van der Waals surface area contributed by atoms with Gasteiger partial charge in [0.05, 0.1) is 0 Å². The number of esters is 1. The van der Waals surface area contributed by atoms with Crippen LogP contribution < -0.4 is 14.8 Å². The summed E-state index contributed by atoms with van der Waals surface area (Å²) in [4.78, 5) is 22.3. The van der Waals surface area contributed by atoms with E-state index in [-0.39, 0.29) is 12.6 Å². The molecule has 0 saturated carbocycles. The molecule has 1 aromatic carbocycles. The third-order valence-corrected chi connectivity index (χ3v) is 3.58. The minimum absolute atomic E-state index is 0.111. The number of hydrogen-bond acceptors (Lipinski definition) is 7. The fourth-order valence-corrected chi connectivity index (χ4v) is 2.18. The Morgan fingerprint density at radius 2 is 1.86 bits per heavy atom. The van der Waals surface area contributed by atoms with Crippen molar-refractivity contribution in [3.05, 3.63) is 54.9 Å². The smallest absolute Gasteiger partial charge is 0.331 e. The maximum Gasteiger partial charge on any atom is 0.331 e. The first-order chi connectivity index (χ1) is 13.9. The second kappa shape index (κ2) is 11.5. The summed E-state index contributed by atoms with van der Waals surface area (Å²) in [6, 6.07) is 9.03. The monoisotopic (exact) mass is 403 g/mol. The predicted octanol–water partition coefficient (Wildman–Crippen LogP) is 1.85. The first kappa shape index (κ1) is 22.0. The summed E-state index contributed by atoms with van der Waals surface area (Å²) in [7, 11) is 0. The fraction of sp³-hybridized carbons (Fsp3) is 0.350. The van der Waals surface area contributed by atoms with Crippen molar-refractivity contribution in [3.8, 4) is 11.5 Å². The summed E-state index contributed by atoms with van der Waals surface area (Å²) in [5.41, 5.74) is 0. The third kappa shape index (κ3) is 8.93. The number of carboxylic acids is 1. The van der Waals surface area contributed by atoms with E-state index in [9.17, 15) is 9.59 Å². The maximum atomic E-state index is 11.7. The van der Waals surface area contributed by atoms with E-state index in [1.165, 1.54) is 0 Å². The van der Waals surface area contributed by atoms with Gasteiger partial charge in [0.25, 0.3) is 0 Å². The minimum Gasteiger partial charge on any atom is -0.490 e. The van der Waals surface area contributed by atoms with Crippen LogP contribution in [0.1, 0.15) is 13.8 Å². The molecule has 9 nitrogen and oxygen atoms in total. The van der Waals surface area contributed by atoms with Gasteiger partial charge in [-0.25, -0.2) is 14.3 Å². The zero-order chi connectivity index (χ0) is 21.1. The number of aromatic nitrogens is 2. The molecule has 0 aliphatic heterocycles. The van der Waals surface area contributed by atoms with E-state index in [1.807, 2.05) is 19.9 Å². The Bertz CT molecular complexity index is 787. The SMILES string of the molecule is CC(C)NCC(COc1ccc(OCn2cccn2)cc1)OC(=O)/C=C\C(=O)O. The number of hydrogen-bond donors (Lipinski definition) is 2.